The maximum atomic E-state index is 11.1. The van der Waals surface area contributed by atoms with Crippen LogP contribution in [0.2, 0.25) is 0 Å². The normalized spacial score (nSPS) is 12.1. The van der Waals surface area contributed by atoms with Gasteiger partial charge < -0.3 is 0 Å². The highest BCUT2D eigenvalue weighted by Crippen LogP contribution is 2.12. The van der Waals surface area contributed by atoms with Crippen molar-refractivity contribution < 1.29 is 9.59 Å². The molecule has 0 amide bonds. The first kappa shape index (κ1) is 11.0. The van der Waals surface area contributed by atoms with Gasteiger partial charge in [-0.05, 0) is 18.9 Å². The van der Waals surface area contributed by atoms with Crippen molar-refractivity contribution in [3.8, 4) is 0 Å². The third-order valence-electron chi connectivity index (χ3n) is 2.07. The average Bonchev–Trinajstić information content (AvgIpc) is 2.15. The number of carbonyl (C=O) groups is 2. The summed E-state index contributed by atoms with van der Waals surface area (Å²) in [6.45, 7) is 1.42. The minimum atomic E-state index is -0.610. The van der Waals surface area contributed by atoms with Gasteiger partial charge in [-0.15, -0.1) is 12.6 Å². The van der Waals surface area contributed by atoms with Crippen LogP contribution >= 0.6 is 12.6 Å². The lowest BCUT2D eigenvalue weighted by atomic mass is 9.97. The summed E-state index contributed by atoms with van der Waals surface area (Å²) in [6, 6.07) is 9.46. The number of thiol groups is 1. The van der Waals surface area contributed by atoms with E-state index in [-0.39, 0.29) is 10.9 Å². The molecule has 0 radical (unpaired) electrons. The largest absolute Gasteiger partial charge is 0.299 e. The van der Waals surface area contributed by atoms with E-state index in [1.165, 1.54) is 6.92 Å². The Hall–Kier alpha value is -1.09. The Morgan fingerprint density at radius 2 is 1.86 bits per heavy atom. The van der Waals surface area contributed by atoms with Gasteiger partial charge in [-0.1, -0.05) is 30.3 Å². The molecule has 1 rings (SSSR count). The van der Waals surface area contributed by atoms with Crippen LogP contribution in [0.3, 0.4) is 0 Å². The molecular weight excluding hydrogens is 196 g/mol. The fourth-order valence-electron chi connectivity index (χ4n) is 1.25. The van der Waals surface area contributed by atoms with Crippen molar-refractivity contribution in [1.82, 2.24) is 0 Å². The predicted octanol–water partition coefficient (Wildman–Crippen LogP) is 1.89. The van der Waals surface area contributed by atoms with E-state index in [0.717, 1.165) is 5.56 Å². The average molecular weight is 208 g/mol. The minimum absolute atomic E-state index is 0.131. The Balaban J connectivity index is 2.75. The fraction of sp³-hybridized carbons (Fsp3) is 0.273. The van der Waals surface area contributed by atoms with Crippen LogP contribution < -0.4 is 0 Å². The highest BCUT2D eigenvalue weighted by atomic mass is 32.1. The molecule has 1 atom stereocenters. The summed E-state index contributed by atoms with van der Waals surface area (Å²) in [5.74, 6) is -0.741. The van der Waals surface area contributed by atoms with Gasteiger partial charge in [0.2, 0.25) is 0 Å². The van der Waals surface area contributed by atoms with Crippen LogP contribution in [0.4, 0.5) is 0 Å². The first-order valence-electron chi connectivity index (χ1n) is 4.38. The van der Waals surface area contributed by atoms with Crippen LogP contribution in [-0.4, -0.2) is 10.9 Å². The van der Waals surface area contributed by atoms with Crippen molar-refractivity contribution in [2.75, 3.05) is 0 Å². The molecule has 0 saturated carbocycles. The van der Waals surface area contributed by atoms with Crippen molar-refractivity contribution >= 4 is 23.5 Å². The number of benzene rings is 1. The smallest absolute Gasteiger partial charge is 0.196 e. The van der Waals surface area contributed by atoms with E-state index in [4.69, 9.17) is 0 Å². The van der Waals surface area contributed by atoms with E-state index < -0.39 is 5.92 Å². The number of hydrogen-bond donors (Lipinski definition) is 1. The number of Topliss-reactive ketones (excluding diaryl/α,β-unsaturated/α-hetero) is 1. The highest BCUT2D eigenvalue weighted by Gasteiger charge is 2.20. The zero-order chi connectivity index (χ0) is 10.6. The van der Waals surface area contributed by atoms with Gasteiger partial charge in [0, 0.05) is 0 Å². The van der Waals surface area contributed by atoms with Crippen molar-refractivity contribution in [3.05, 3.63) is 35.9 Å². The van der Waals surface area contributed by atoms with Gasteiger partial charge in [0.15, 0.2) is 5.12 Å². The number of carbonyl (C=O) groups excluding carboxylic acids is 2. The molecule has 0 aliphatic rings. The molecule has 2 nitrogen and oxygen atoms in total. The van der Waals surface area contributed by atoms with Crippen LogP contribution in [0.5, 0.6) is 0 Å². The Morgan fingerprint density at radius 1 is 1.29 bits per heavy atom. The zero-order valence-corrected chi connectivity index (χ0v) is 8.83. The van der Waals surface area contributed by atoms with Crippen LogP contribution in [0.15, 0.2) is 30.3 Å². The van der Waals surface area contributed by atoms with Crippen LogP contribution in [0, 0.1) is 5.92 Å². The summed E-state index contributed by atoms with van der Waals surface area (Å²) in [7, 11) is 0. The number of rotatable bonds is 4. The van der Waals surface area contributed by atoms with Crippen molar-refractivity contribution in [1.29, 1.82) is 0 Å². The molecule has 0 heterocycles. The van der Waals surface area contributed by atoms with Crippen molar-refractivity contribution in [2.45, 2.75) is 13.3 Å². The van der Waals surface area contributed by atoms with Gasteiger partial charge in [-0.2, -0.15) is 0 Å². The fourth-order valence-corrected chi connectivity index (χ4v) is 1.53. The van der Waals surface area contributed by atoms with E-state index in [2.05, 4.69) is 12.6 Å². The summed E-state index contributed by atoms with van der Waals surface area (Å²) in [6.07, 6.45) is 0.443. The minimum Gasteiger partial charge on any atom is -0.299 e. The molecule has 0 spiro atoms. The molecule has 3 heteroatoms. The highest BCUT2D eigenvalue weighted by molar-refractivity contribution is 7.96. The Bertz CT molecular complexity index is 318. The molecule has 0 N–H and O–H groups in total. The Morgan fingerprint density at radius 3 is 2.29 bits per heavy atom. The van der Waals surface area contributed by atoms with E-state index in [1.807, 2.05) is 30.3 Å². The molecule has 14 heavy (non-hydrogen) atoms. The number of hydrogen-bond acceptors (Lipinski definition) is 2. The van der Waals surface area contributed by atoms with Gasteiger partial charge >= 0.3 is 0 Å². The van der Waals surface area contributed by atoms with E-state index in [0.29, 0.717) is 6.42 Å². The first-order valence-corrected chi connectivity index (χ1v) is 4.83. The van der Waals surface area contributed by atoms with Crippen LogP contribution in [0.25, 0.3) is 0 Å². The molecule has 0 aromatic heterocycles. The summed E-state index contributed by atoms with van der Waals surface area (Å²) in [5, 5.41) is -0.360. The lowest BCUT2D eigenvalue weighted by Gasteiger charge is -2.08. The predicted molar refractivity (Wildman–Crippen MR) is 58.3 cm³/mol. The van der Waals surface area contributed by atoms with E-state index >= 15 is 0 Å². The maximum Gasteiger partial charge on any atom is 0.196 e. The quantitative estimate of drug-likeness (QED) is 0.605. The molecule has 0 bridgehead atoms. The number of ketones is 1. The van der Waals surface area contributed by atoms with E-state index in [1.54, 1.807) is 0 Å². The van der Waals surface area contributed by atoms with Gasteiger partial charge in [-0.25, -0.2) is 0 Å². The monoisotopic (exact) mass is 208 g/mol. The topological polar surface area (TPSA) is 34.1 Å². The second-order valence-electron chi connectivity index (χ2n) is 3.19. The lowest BCUT2D eigenvalue weighted by molar-refractivity contribution is -0.126. The van der Waals surface area contributed by atoms with Crippen LogP contribution in [0.1, 0.15) is 12.5 Å². The summed E-state index contributed by atoms with van der Waals surface area (Å²) in [4.78, 5) is 22.2. The third-order valence-corrected chi connectivity index (χ3v) is 2.38. The van der Waals surface area contributed by atoms with Gasteiger partial charge in [0.25, 0.3) is 0 Å². The van der Waals surface area contributed by atoms with Crippen molar-refractivity contribution in [3.63, 3.8) is 0 Å². The molecule has 74 valence electrons. The van der Waals surface area contributed by atoms with E-state index in [9.17, 15) is 9.59 Å². The van der Waals surface area contributed by atoms with Gasteiger partial charge in [-0.3, -0.25) is 9.59 Å². The molecule has 0 aliphatic heterocycles. The summed E-state index contributed by atoms with van der Waals surface area (Å²) in [5.41, 5.74) is 0.982. The molecule has 0 fully saturated rings. The third kappa shape index (κ3) is 3.00. The molecule has 0 unspecified atom stereocenters. The van der Waals surface area contributed by atoms with Gasteiger partial charge in [0.1, 0.15) is 5.78 Å². The standard InChI is InChI=1S/C11H12O2S/c1-8(12)10(11(13)14)7-9-5-3-2-4-6-9/h2-6,10H,7H2,1H3,(H,13,14)/t10-/m0/s1. The molecule has 1 aromatic rings. The Labute approximate surface area is 88.7 Å². The summed E-state index contributed by atoms with van der Waals surface area (Å²) >= 11 is 3.70. The van der Waals surface area contributed by atoms with Gasteiger partial charge in [0.05, 0.1) is 5.92 Å². The molecule has 0 aliphatic carbocycles. The second-order valence-corrected chi connectivity index (χ2v) is 3.63. The van der Waals surface area contributed by atoms with Crippen LogP contribution in [-0.2, 0) is 16.0 Å². The second kappa shape index (κ2) is 4.96. The Kier molecular flexibility index (Phi) is 3.89. The summed E-state index contributed by atoms with van der Waals surface area (Å²) < 4.78 is 0. The van der Waals surface area contributed by atoms with Crippen molar-refractivity contribution in [2.24, 2.45) is 5.92 Å². The first-order chi connectivity index (χ1) is 6.61. The zero-order valence-electron chi connectivity index (χ0n) is 7.93. The molecular formula is C11H12O2S. The SMILES string of the molecule is CC(=O)[C@H](Cc1ccccc1)C(=O)S. The molecule has 1 aromatic carbocycles. The maximum absolute atomic E-state index is 11.1. The molecule has 0 saturated heterocycles. The lowest BCUT2D eigenvalue weighted by Crippen LogP contribution is -2.20.